The summed E-state index contributed by atoms with van der Waals surface area (Å²) in [4.78, 5) is 2.49. The van der Waals surface area contributed by atoms with Crippen molar-refractivity contribution in [3.8, 4) is 44.5 Å². The van der Waals surface area contributed by atoms with Gasteiger partial charge in [0.05, 0.1) is 5.69 Å². The number of rotatable bonds is 6. The third-order valence-corrected chi connectivity index (χ3v) is 13.5. The van der Waals surface area contributed by atoms with Crippen LogP contribution >= 0.6 is 11.3 Å². The van der Waals surface area contributed by atoms with Gasteiger partial charge in [-0.1, -0.05) is 170 Å². The number of benzene rings is 10. The minimum atomic E-state index is 0.910. The molecular formula is C57H37NS. The second kappa shape index (κ2) is 13.7. The van der Waals surface area contributed by atoms with E-state index in [-0.39, 0.29) is 0 Å². The molecule has 276 valence electrons. The third-order valence-electron chi connectivity index (χ3n) is 12.3. The summed E-state index contributed by atoms with van der Waals surface area (Å²) in [6.45, 7) is 0. The molecule has 0 spiro atoms. The zero-order valence-electron chi connectivity index (χ0n) is 32.3. The summed E-state index contributed by atoms with van der Waals surface area (Å²) < 4.78 is 2.60. The first-order valence-electron chi connectivity index (χ1n) is 20.4. The Morgan fingerprint density at radius 3 is 1.76 bits per heavy atom. The van der Waals surface area contributed by atoms with Crippen LogP contribution < -0.4 is 4.90 Å². The molecule has 0 unspecified atom stereocenters. The number of anilines is 3. The molecule has 1 heterocycles. The van der Waals surface area contributed by atoms with Gasteiger partial charge in [0.15, 0.2) is 0 Å². The molecule has 1 aliphatic rings. The number of nitrogens with zero attached hydrogens (tertiary/aromatic N) is 1. The van der Waals surface area contributed by atoms with Crippen molar-refractivity contribution in [2.24, 2.45) is 0 Å². The highest BCUT2D eigenvalue weighted by molar-refractivity contribution is 7.26. The Morgan fingerprint density at radius 2 is 0.932 bits per heavy atom. The summed E-state index contributed by atoms with van der Waals surface area (Å²) in [5, 5.41) is 7.68. The van der Waals surface area contributed by atoms with Gasteiger partial charge in [-0.25, -0.2) is 0 Å². The molecule has 11 aromatic rings. The fraction of sp³-hybridized carbons (Fsp3) is 0.0175. The molecule has 1 aromatic heterocycles. The molecular weight excluding hydrogens is 731 g/mol. The van der Waals surface area contributed by atoms with E-state index in [0.29, 0.717) is 0 Å². The number of fused-ring (bicyclic) bond motifs is 9. The largest absolute Gasteiger partial charge is 0.310 e. The number of hydrogen-bond donors (Lipinski definition) is 0. The lowest BCUT2D eigenvalue weighted by molar-refractivity contribution is 1.24. The standard InChI is InChI=1S/C57H37NS/c1-3-11-37(12-4-1)42-24-29-50-44(34-42)35-45-36-47(27-30-51(45)50)58(54-32-31-52(39-13-5-2-6-14-39)57-56(54)53-17-9-10-18-55(53)59-57)46-25-21-38(22-26-46)41-23-28-49-43(33-41)20-19-40-15-7-8-16-48(40)49/h1-34,36H,35H2. The maximum absolute atomic E-state index is 2.49. The molecule has 1 nitrogen and oxygen atoms in total. The van der Waals surface area contributed by atoms with Crippen molar-refractivity contribution in [1.29, 1.82) is 0 Å². The van der Waals surface area contributed by atoms with E-state index in [4.69, 9.17) is 0 Å². The summed E-state index contributed by atoms with van der Waals surface area (Å²) in [7, 11) is 0. The first-order chi connectivity index (χ1) is 29.2. The van der Waals surface area contributed by atoms with E-state index in [1.54, 1.807) is 0 Å². The molecule has 0 N–H and O–H groups in total. The highest BCUT2D eigenvalue weighted by Crippen LogP contribution is 2.50. The summed E-state index contributed by atoms with van der Waals surface area (Å²) in [5.74, 6) is 0. The molecule has 0 fully saturated rings. The monoisotopic (exact) mass is 767 g/mol. The zero-order valence-corrected chi connectivity index (χ0v) is 33.1. The van der Waals surface area contributed by atoms with Crippen LogP contribution in [0.3, 0.4) is 0 Å². The van der Waals surface area contributed by atoms with Crippen LogP contribution in [0.1, 0.15) is 11.1 Å². The Bertz CT molecular complexity index is 3400. The van der Waals surface area contributed by atoms with E-state index < -0.39 is 0 Å². The smallest absolute Gasteiger partial charge is 0.0555 e. The van der Waals surface area contributed by atoms with Crippen LogP contribution in [0, 0.1) is 0 Å². The second-order valence-electron chi connectivity index (χ2n) is 15.7. The predicted molar refractivity (Wildman–Crippen MR) is 254 cm³/mol. The molecule has 59 heavy (non-hydrogen) atoms. The molecule has 10 aromatic carbocycles. The molecule has 0 saturated heterocycles. The average Bonchev–Trinajstić information content (AvgIpc) is 3.88. The Labute approximate surface area is 347 Å². The average molecular weight is 768 g/mol. The van der Waals surface area contributed by atoms with Gasteiger partial charge >= 0.3 is 0 Å². The van der Waals surface area contributed by atoms with Gasteiger partial charge in [-0.05, 0) is 126 Å². The van der Waals surface area contributed by atoms with E-state index in [0.717, 1.165) is 17.8 Å². The second-order valence-corrected chi connectivity index (χ2v) is 16.7. The van der Waals surface area contributed by atoms with Gasteiger partial charge in [0.2, 0.25) is 0 Å². The van der Waals surface area contributed by atoms with Crippen LogP contribution in [0.5, 0.6) is 0 Å². The number of thiophene rings is 1. The Kier molecular flexibility index (Phi) is 7.86. The van der Waals surface area contributed by atoms with Gasteiger partial charge < -0.3 is 4.90 Å². The SMILES string of the molecule is c1ccc(-c2ccc3c(c2)Cc2cc(N(c4ccc(-c5ccc6c(ccc7ccccc76)c5)cc4)c4ccc(-c5ccccc5)c5sc6ccccc6c45)ccc2-3)cc1. The van der Waals surface area contributed by atoms with Crippen molar-refractivity contribution in [2.45, 2.75) is 6.42 Å². The Hall–Kier alpha value is -7.26. The van der Waals surface area contributed by atoms with Crippen molar-refractivity contribution in [1.82, 2.24) is 0 Å². The van der Waals surface area contributed by atoms with Crippen LogP contribution in [-0.4, -0.2) is 0 Å². The Balaban J connectivity index is 1.01. The zero-order chi connectivity index (χ0) is 38.9. The predicted octanol–water partition coefficient (Wildman–Crippen LogP) is 16.4. The molecule has 12 rings (SSSR count). The minimum Gasteiger partial charge on any atom is -0.310 e. The van der Waals surface area contributed by atoms with Crippen molar-refractivity contribution in [3.63, 3.8) is 0 Å². The fourth-order valence-electron chi connectivity index (χ4n) is 9.41. The minimum absolute atomic E-state index is 0.910. The van der Waals surface area contributed by atoms with Crippen molar-refractivity contribution < 1.29 is 0 Å². The van der Waals surface area contributed by atoms with Crippen molar-refractivity contribution in [3.05, 3.63) is 223 Å². The van der Waals surface area contributed by atoms with E-state index in [9.17, 15) is 0 Å². The fourth-order valence-corrected chi connectivity index (χ4v) is 10.7. The number of hydrogen-bond acceptors (Lipinski definition) is 2. The van der Waals surface area contributed by atoms with Gasteiger partial charge in [-0.3, -0.25) is 0 Å². The van der Waals surface area contributed by atoms with Gasteiger partial charge in [0.25, 0.3) is 0 Å². The van der Waals surface area contributed by atoms with Gasteiger partial charge in [0.1, 0.15) is 0 Å². The maximum Gasteiger partial charge on any atom is 0.0555 e. The molecule has 0 atom stereocenters. The highest BCUT2D eigenvalue weighted by Gasteiger charge is 2.24. The molecule has 0 amide bonds. The van der Waals surface area contributed by atoms with E-state index in [2.05, 4.69) is 217 Å². The first kappa shape index (κ1) is 33.8. The lowest BCUT2D eigenvalue weighted by Crippen LogP contribution is -2.11. The Morgan fingerprint density at radius 1 is 0.356 bits per heavy atom. The van der Waals surface area contributed by atoms with Crippen LogP contribution in [0.4, 0.5) is 17.1 Å². The lowest BCUT2D eigenvalue weighted by Gasteiger charge is -2.28. The van der Waals surface area contributed by atoms with Crippen LogP contribution in [0.25, 0.3) is 86.2 Å². The molecule has 0 bridgehead atoms. The van der Waals surface area contributed by atoms with E-state index in [1.165, 1.54) is 103 Å². The summed E-state index contributed by atoms with van der Waals surface area (Å²) in [5.41, 5.74) is 16.3. The van der Waals surface area contributed by atoms with Crippen LogP contribution in [0.2, 0.25) is 0 Å². The quantitative estimate of drug-likeness (QED) is 0.152. The topological polar surface area (TPSA) is 3.24 Å². The van der Waals surface area contributed by atoms with Gasteiger partial charge in [-0.2, -0.15) is 0 Å². The van der Waals surface area contributed by atoms with Crippen LogP contribution in [0.15, 0.2) is 212 Å². The molecule has 0 saturated carbocycles. The van der Waals surface area contributed by atoms with Crippen molar-refractivity contribution in [2.75, 3.05) is 4.90 Å². The van der Waals surface area contributed by atoms with Crippen LogP contribution in [-0.2, 0) is 6.42 Å². The lowest BCUT2D eigenvalue weighted by atomic mass is 9.97. The summed E-state index contributed by atoms with van der Waals surface area (Å²) >= 11 is 1.89. The third kappa shape index (κ3) is 5.67. The van der Waals surface area contributed by atoms with E-state index in [1.807, 2.05) is 11.3 Å². The van der Waals surface area contributed by atoms with E-state index >= 15 is 0 Å². The first-order valence-corrected chi connectivity index (χ1v) is 21.2. The van der Waals surface area contributed by atoms with Crippen molar-refractivity contribution >= 4 is 70.1 Å². The summed E-state index contributed by atoms with van der Waals surface area (Å²) in [6, 6.07) is 78.4. The molecule has 1 aliphatic carbocycles. The van der Waals surface area contributed by atoms with Gasteiger partial charge in [-0.15, -0.1) is 11.3 Å². The highest BCUT2D eigenvalue weighted by atomic mass is 32.1. The molecule has 2 heteroatoms. The summed E-state index contributed by atoms with van der Waals surface area (Å²) in [6.07, 6.45) is 0.910. The normalized spacial score (nSPS) is 12.0. The maximum atomic E-state index is 2.49. The van der Waals surface area contributed by atoms with Gasteiger partial charge in [0, 0.05) is 31.5 Å². The molecule has 0 radical (unpaired) electrons. The molecule has 0 aliphatic heterocycles.